The molecule has 0 unspecified atom stereocenters. The summed E-state index contributed by atoms with van der Waals surface area (Å²) in [4.78, 5) is 47.6. The van der Waals surface area contributed by atoms with Gasteiger partial charge in [0.15, 0.2) is 0 Å². The van der Waals surface area contributed by atoms with Crippen LogP contribution in [0, 0.1) is 17.0 Å². The van der Waals surface area contributed by atoms with Crippen LogP contribution in [0.1, 0.15) is 22.7 Å². The first-order valence-corrected chi connectivity index (χ1v) is 8.52. The number of Topliss-reactive ketones (excluding diaryl/α,β-unsaturated/α-hetero) is 1. The Hall–Kier alpha value is -4.01. The van der Waals surface area contributed by atoms with Gasteiger partial charge < -0.3 is 15.1 Å². The Morgan fingerprint density at radius 2 is 1.79 bits per heavy atom. The number of hydrogen-bond acceptors (Lipinski definition) is 6. The molecule has 1 atom stereocenters. The van der Waals surface area contributed by atoms with Gasteiger partial charge in [-0.2, -0.15) is 0 Å². The molecule has 0 radical (unpaired) electrons. The summed E-state index contributed by atoms with van der Waals surface area (Å²) in [6.07, 6.45) is 0. The number of aliphatic carboxylic acids is 1. The van der Waals surface area contributed by atoms with E-state index in [1.165, 1.54) is 18.2 Å². The second-order valence-electron chi connectivity index (χ2n) is 6.54. The minimum Gasteiger partial charge on any atom is -0.507 e. The molecule has 9 nitrogen and oxygen atoms in total. The standard InChI is InChI=1S/C20H16N2O7/c1-11-5-7-12(8-6-11)18(25)16-17(13-3-2-4-14(9-13)22(28)29)21(10-15(23)24)20(27)19(16)26/h2-9,17,25H,10H2,1H3,(H,23,24)/t17-/m1/s1. The maximum atomic E-state index is 12.6. The van der Waals surface area contributed by atoms with Crippen LogP contribution in [0.5, 0.6) is 0 Å². The fraction of sp³-hybridized carbons (Fsp3) is 0.150. The lowest BCUT2D eigenvalue weighted by Crippen LogP contribution is -2.34. The van der Waals surface area contributed by atoms with Gasteiger partial charge in [-0.3, -0.25) is 24.5 Å². The number of ketones is 1. The van der Waals surface area contributed by atoms with Crippen molar-refractivity contribution in [2.45, 2.75) is 13.0 Å². The number of carbonyl (C=O) groups excluding carboxylic acids is 2. The Bertz CT molecular complexity index is 1060. The summed E-state index contributed by atoms with van der Waals surface area (Å²) in [6, 6.07) is 10.4. The first-order valence-electron chi connectivity index (χ1n) is 8.52. The van der Waals surface area contributed by atoms with Crippen molar-refractivity contribution in [3.8, 4) is 0 Å². The Balaban J connectivity index is 2.22. The molecule has 0 spiro atoms. The molecule has 1 heterocycles. The molecule has 0 saturated carbocycles. The number of nitro benzene ring substituents is 1. The highest BCUT2D eigenvalue weighted by atomic mass is 16.6. The number of carboxylic acid groups (broad SMARTS) is 1. The van der Waals surface area contributed by atoms with Crippen LogP contribution in [0.25, 0.3) is 5.76 Å². The summed E-state index contributed by atoms with van der Waals surface area (Å²) in [5.41, 5.74) is 0.704. The van der Waals surface area contributed by atoms with Crippen LogP contribution in [0.4, 0.5) is 5.69 Å². The summed E-state index contributed by atoms with van der Waals surface area (Å²) in [7, 11) is 0. The molecule has 29 heavy (non-hydrogen) atoms. The number of aliphatic hydroxyl groups excluding tert-OH is 1. The zero-order valence-corrected chi connectivity index (χ0v) is 15.2. The minimum atomic E-state index is -1.36. The number of non-ortho nitro benzene ring substituents is 1. The largest absolute Gasteiger partial charge is 0.507 e. The molecule has 2 aromatic rings. The van der Waals surface area contributed by atoms with Gasteiger partial charge in [0.25, 0.3) is 17.4 Å². The predicted molar refractivity (Wildman–Crippen MR) is 101 cm³/mol. The number of aliphatic hydroxyl groups is 1. The van der Waals surface area contributed by atoms with Gasteiger partial charge in [0, 0.05) is 17.7 Å². The lowest BCUT2D eigenvalue weighted by molar-refractivity contribution is -0.384. The van der Waals surface area contributed by atoms with E-state index in [2.05, 4.69) is 0 Å². The number of carbonyl (C=O) groups is 3. The third-order valence-electron chi connectivity index (χ3n) is 4.57. The Labute approximate surface area is 164 Å². The van der Waals surface area contributed by atoms with Gasteiger partial charge >= 0.3 is 5.97 Å². The Morgan fingerprint density at radius 3 is 2.38 bits per heavy atom. The molecule has 2 N–H and O–H groups in total. The molecule has 1 fully saturated rings. The van der Waals surface area contributed by atoms with Crippen LogP contribution >= 0.6 is 0 Å². The van der Waals surface area contributed by atoms with Crippen LogP contribution in [-0.4, -0.2) is 44.2 Å². The number of carboxylic acids is 1. The smallest absolute Gasteiger partial charge is 0.323 e. The van der Waals surface area contributed by atoms with Crippen LogP contribution in [0.2, 0.25) is 0 Å². The number of nitro groups is 1. The van der Waals surface area contributed by atoms with Crippen LogP contribution in [0.3, 0.4) is 0 Å². The van der Waals surface area contributed by atoms with Crippen molar-refractivity contribution in [3.63, 3.8) is 0 Å². The van der Waals surface area contributed by atoms with E-state index in [9.17, 15) is 29.6 Å². The Kier molecular flexibility index (Phi) is 5.14. The van der Waals surface area contributed by atoms with E-state index in [1.807, 2.05) is 6.92 Å². The lowest BCUT2D eigenvalue weighted by Gasteiger charge is -2.23. The van der Waals surface area contributed by atoms with E-state index in [4.69, 9.17) is 5.11 Å². The molecule has 3 rings (SSSR count). The molecule has 0 aliphatic carbocycles. The first kappa shape index (κ1) is 19.7. The first-order chi connectivity index (χ1) is 13.7. The van der Waals surface area contributed by atoms with Gasteiger partial charge in [-0.1, -0.05) is 42.0 Å². The van der Waals surface area contributed by atoms with Crippen molar-refractivity contribution < 1.29 is 29.5 Å². The number of amides is 1. The molecule has 1 amide bonds. The molecule has 0 aromatic heterocycles. The van der Waals surface area contributed by atoms with Crippen molar-refractivity contribution in [1.82, 2.24) is 4.90 Å². The van der Waals surface area contributed by atoms with Crippen LogP contribution in [0.15, 0.2) is 54.1 Å². The maximum Gasteiger partial charge on any atom is 0.323 e. The van der Waals surface area contributed by atoms with Crippen LogP contribution in [-0.2, 0) is 14.4 Å². The van der Waals surface area contributed by atoms with Gasteiger partial charge in [0.2, 0.25) is 0 Å². The van der Waals surface area contributed by atoms with Gasteiger partial charge in [-0.15, -0.1) is 0 Å². The Morgan fingerprint density at radius 1 is 1.14 bits per heavy atom. The van der Waals surface area contributed by atoms with Gasteiger partial charge in [-0.05, 0) is 12.5 Å². The molecule has 148 valence electrons. The summed E-state index contributed by atoms with van der Waals surface area (Å²) in [5.74, 6) is -4.00. The van der Waals surface area contributed by atoms with E-state index >= 15 is 0 Å². The fourth-order valence-electron chi connectivity index (χ4n) is 3.21. The summed E-state index contributed by atoms with van der Waals surface area (Å²) < 4.78 is 0. The quantitative estimate of drug-likeness (QED) is 0.260. The highest BCUT2D eigenvalue weighted by molar-refractivity contribution is 6.46. The number of likely N-dealkylation sites (tertiary alicyclic amines) is 1. The number of nitrogens with zero attached hydrogens (tertiary/aromatic N) is 2. The van der Waals surface area contributed by atoms with Crippen molar-refractivity contribution >= 4 is 29.1 Å². The van der Waals surface area contributed by atoms with E-state index in [1.54, 1.807) is 24.3 Å². The van der Waals surface area contributed by atoms with E-state index in [-0.39, 0.29) is 22.4 Å². The summed E-state index contributed by atoms with van der Waals surface area (Å²) >= 11 is 0. The molecule has 2 aromatic carbocycles. The molecule has 1 saturated heterocycles. The van der Waals surface area contributed by atoms with Gasteiger partial charge in [0.1, 0.15) is 12.3 Å². The van der Waals surface area contributed by atoms with Crippen molar-refractivity contribution in [1.29, 1.82) is 0 Å². The topological polar surface area (TPSA) is 138 Å². The SMILES string of the molecule is Cc1ccc(C(O)=C2C(=O)C(=O)N(CC(=O)O)[C@@H]2c2cccc([N+](=O)[O-])c2)cc1. The molecular weight excluding hydrogens is 380 g/mol. The predicted octanol–water partition coefficient (Wildman–Crippen LogP) is 2.41. The summed E-state index contributed by atoms with van der Waals surface area (Å²) in [5, 5.41) is 31.1. The third kappa shape index (κ3) is 3.70. The average Bonchev–Trinajstić information content (AvgIpc) is 2.92. The zero-order valence-electron chi connectivity index (χ0n) is 15.2. The number of hydrogen-bond donors (Lipinski definition) is 2. The molecule has 9 heteroatoms. The molecule has 1 aliphatic heterocycles. The average molecular weight is 396 g/mol. The second kappa shape index (κ2) is 7.55. The number of rotatable bonds is 5. The van der Waals surface area contributed by atoms with Crippen LogP contribution < -0.4 is 0 Å². The van der Waals surface area contributed by atoms with E-state index < -0.39 is 40.9 Å². The fourth-order valence-corrected chi connectivity index (χ4v) is 3.21. The molecule has 1 aliphatic rings. The maximum absolute atomic E-state index is 12.6. The van der Waals surface area contributed by atoms with Gasteiger partial charge in [-0.25, -0.2) is 0 Å². The normalized spacial score (nSPS) is 18.1. The van der Waals surface area contributed by atoms with Crippen molar-refractivity contribution in [2.75, 3.05) is 6.54 Å². The zero-order chi connectivity index (χ0) is 21.3. The van der Waals surface area contributed by atoms with Crippen molar-refractivity contribution in [3.05, 3.63) is 80.9 Å². The highest BCUT2D eigenvalue weighted by Crippen LogP contribution is 2.40. The summed E-state index contributed by atoms with van der Waals surface area (Å²) in [6.45, 7) is 1.03. The minimum absolute atomic E-state index is 0.147. The molecule has 0 bridgehead atoms. The number of aryl methyl sites for hydroxylation is 1. The van der Waals surface area contributed by atoms with E-state index in [0.29, 0.717) is 0 Å². The van der Waals surface area contributed by atoms with Gasteiger partial charge in [0.05, 0.1) is 16.5 Å². The molecular formula is C20H16N2O7. The lowest BCUT2D eigenvalue weighted by atomic mass is 9.95. The van der Waals surface area contributed by atoms with E-state index in [0.717, 1.165) is 16.5 Å². The highest BCUT2D eigenvalue weighted by Gasteiger charge is 2.47. The third-order valence-corrected chi connectivity index (χ3v) is 4.57. The number of benzene rings is 2. The monoisotopic (exact) mass is 396 g/mol. The van der Waals surface area contributed by atoms with Crippen molar-refractivity contribution in [2.24, 2.45) is 0 Å². The second-order valence-corrected chi connectivity index (χ2v) is 6.54.